The summed E-state index contributed by atoms with van der Waals surface area (Å²) >= 11 is 0. The molecule has 0 aliphatic carbocycles. The number of carbonyl (C=O) groups is 2. The minimum Gasteiger partial charge on any atom is -0.497 e. The highest BCUT2D eigenvalue weighted by Gasteiger charge is 2.29. The highest BCUT2D eigenvalue weighted by molar-refractivity contribution is 5.90. The molecule has 0 saturated carbocycles. The number of ether oxygens (including phenoxy) is 1. The van der Waals surface area contributed by atoms with Crippen LogP contribution in [0.3, 0.4) is 0 Å². The molecule has 7 heteroatoms. The van der Waals surface area contributed by atoms with Crippen molar-refractivity contribution in [3.63, 3.8) is 0 Å². The standard InChI is InChI=1S/C16H22N4O3/c1-23-13-4-2-12(3-5-13)20-8-6-11(7-9-20)18-15(21)14-10-17-16(22)19-14/h2-5,11,14H,6-10H2,1H3,(H,18,21)(H2,17,19,22)/t14-/m1/s1. The predicted octanol–water partition coefficient (Wildman–Crippen LogP) is 0.462. The molecule has 3 N–H and O–H groups in total. The van der Waals surface area contributed by atoms with Crippen molar-refractivity contribution in [3.05, 3.63) is 24.3 Å². The Labute approximate surface area is 135 Å². The summed E-state index contributed by atoms with van der Waals surface area (Å²) < 4.78 is 5.17. The van der Waals surface area contributed by atoms with Crippen LogP contribution in [0.5, 0.6) is 5.75 Å². The molecule has 3 amide bonds. The van der Waals surface area contributed by atoms with Crippen molar-refractivity contribution in [2.24, 2.45) is 0 Å². The summed E-state index contributed by atoms with van der Waals surface area (Å²) in [4.78, 5) is 25.5. The maximum atomic E-state index is 12.1. The Kier molecular flexibility index (Phi) is 4.55. The Morgan fingerprint density at radius 3 is 2.52 bits per heavy atom. The second-order valence-corrected chi connectivity index (χ2v) is 5.87. The van der Waals surface area contributed by atoms with Crippen LogP contribution in [0.15, 0.2) is 24.3 Å². The number of nitrogens with zero attached hydrogens (tertiary/aromatic N) is 1. The van der Waals surface area contributed by atoms with Gasteiger partial charge in [0.2, 0.25) is 5.91 Å². The molecule has 23 heavy (non-hydrogen) atoms. The first-order valence-electron chi connectivity index (χ1n) is 7.89. The van der Waals surface area contributed by atoms with Crippen LogP contribution in [0.25, 0.3) is 0 Å². The third-order valence-corrected chi connectivity index (χ3v) is 4.37. The van der Waals surface area contributed by atoms with Gasteiger partial charge in [-0.2, -0.15) is 0 Å². The van der Waals surface area contributed by atoms with Crippen LogP contribution in [0.2, 0.25) is 0 Å². The molecule has 2 fully saturated rings. The van der Waals surface area contributed by atoms with Gasteiger partial charge in [0.15, 0.2) is 0 Å². The van der Waals surface area contributed by atoms with Crippen molar-refractivity contribution in [2.45, 2.75) is 24.9 Å². The number of piperidine rings is 1. The second-order valence-electron chi connectivity index (χ2n) is 5.87. The summed E-state index contributed by atoms with van der Waals surface area (Å²) in [6, 6.07) is 7.45. The molecular formula is C16H22N4O3. The SMILES string of the molecule is COc1ccc(N2CCC(NC(=O)[C@H]3CNC(=O)N3)CC2)cc1. The molecule has 2 heterocycles. The Morgan fingerprint density at radius 2 is 1.96 bits per heavy atom. The van der Waals surface area contributed by atoms with Crippen LogP contribution >= 0.6 is 0 Å². The van der Waals surface area contributed by atoms with Crippen molar-refractivity contribution >= 4 is 17.6 Å². The fourth-order valence-electron chi connectivity index (χ4n) is 2.99. The Bertz CT molecular complexity index is 567. The maximum absolute atomic E-state index is 12.1. The molecule has 1 aromatic rings. The molecule has 1 atom stereocenters. The first-order valence-corrected chi connectivity index (χ1v) is 7.89. The van der Waals surface area contributed by atoms with E-state index < -0.39 is 6.04 Å². The predicted molar refractivity (Wildman–Crippen MR) is 86.7 cm³/mol. The zero-order chi connectivity index (χ0) is 16.2. The van der Waals surface area contributed by atoms with E-state index in [0.29, 0.717) is 6.54 Å². The summed E-state index contributed by atoms with van der Waals surface area (Å²) in [5.74, 6) is 0.745. The van der Waals surface area contributed by atoms with Gasteiger partial charge in [0.1, 0.15) is 11.8 Å². The Morgan fingerprint density at radius 1 is 1.26 bits per heavy atom. The molecular weight excluding hydrogens is 296 g/mol. The molecule has 0 unspecified atom stereocenters. The smallest absolute Gasteiger partial charge is 0.315 e. The van der Waals surface area contributed by atoms with E-state index in [1.807, 2.05) is 12.1 Å². The molecule has 2 aliphatic heterocycles. The number of hydrogen-bond acceptors (Lipinski definition) is 4. The molecule has 2 aliphatic rings. The van der Waals surface area contributed by atoms with Crippen molar-refractivity contribution in [2.75, 3.05) is 31.6 Å². The van der Waals surface area contributed by atoms with Crippen molar-refractivity contribution in [1.82, 2.24) is 16.0 Å². The van der Waals surface area contributed by atoms with Crippen molar-refractivity contribution < 1.29 is 14.3 Å². The van der Waals surface area contributed by atoms with E-state index in [1.165, 1.54) is 5.69 Å². The number of nitrogens with one attached hydrogen (secondary N) is 3. The van der Waals surface area contributed by atoms with Gasteiger partial charge in [-0.15, -0.1) is 0 Å². The minimum atomic E-state index is -0.456. The zero-order valence-corrected chi connectivity index (χ0v) is 13.2. The van der Waals surface area contributed by atoms with Gasteiger partial charge in [0, 0.05) is 31.4 Å². The van der Waals surface area contributed by atoms with Gasteiger partial charge < -0.3 is 25.6 Å². The molecule has 2 saturated heterocycles. The van der Waals surface area contributed by atoms with Gasteiger partial charge in [0.05, 0.1) is 7.11 Å². The number of anilines is 1. The molecule has 0 aromatic heterocycles. The lowest BCUT2D eigenvalue weighted by Crippen LogP contribution is -2.50. The van der Waals surface area contributed by atoms with E-state index >= 15 is 0 Å². The van der Waals surface area contributed by atoms with Crippen LogP contribution < -0.4 is 25.6 Å². The van der Waals surface area contributed by atoms with Crippen LogP contribution in [0.1, 0.15) is 12.8 Å². The molecule has 0 radical (unpaired) electrons. The quantitative estimate of drug-likeness (QED) is 0.753. The lowest BCUT2D eigenvalue weighted by molar-refractivity contribution is -0.123. The fraction of sp³-hybridized carbons (Fsp3) is 0.500. The van der Waals surface area contributed by atoms with Crippen molar-refractivity contribution in [1.29, 1.82) is 0 Å². The summed E-state index contributed by atoms with van der Waals surface area (Å²) in [6.45, 7) is 2.15. The van der Waals surface area contributed by atoms with Gasteiger partial charge in [-0.05, 0) is 37.1 Å². The lowest BCUT2D eigenvalue weighted by Gasteiger charge is -2.34. The molecule has 1 aromatic carbocycles. The fourth-order valence-corrected chi connectivity index (χ4v) is 2.99. The molecule has 0 bridgehead atoms. The van der Waals surface area contributed by atoms with Crippen molar-refractivity contribution in [3.8, 4) is 5.75 Å². The Hall–Kier alpha value is -2.44. The molecule has 3 rings (SSSR count). The lowest BCUT2D eigenvalue weighted by atomic mass is 10.0. The van der Waals surface area contributed by atoms with Crippen LogP contribution in [-0.2, 0) is 4.79 Å². The van der Waals surface area contributed by atoms with E-state index in [-0.39, 0.29) is 18.0 Å². The number of methoxy groups -OCH3 is 1. The molecule has 0 spiro atoms. The van der Waals surface area contributed by atoms with Crippen LogP contribution in [-0.4, -0.2) is 50.8 Å². The van der Waals surface area contributed by atoms with Gasteiger partial charge in [-0.1, -0.05) is 0 Å². The highest BCUT2D eigenvalue weighted by Crippen LogP contribution is 2.22. The van der Waals surface area contributed by atoms with E-state index in [0.717, 1.165) is 31.7 Å². The van der Waals surface area contributed by atoms with Gasteiger partial charge in [0.25, 0.3) is 0 Å². The summed E-state index contributed by atoms with van der Waals surface area (Å²) in [7, 11) is 1.66. The van der Waals surface area contributed by atoms with E-state index in [2.05, 4.69) is 33.0 Å². The Balaban J connectivity index is 1.48. The number of hydrogen-bond donors (Lipinski definition) is 3. The van der Waals surface area contributed by atoms with Gasteiger partial charge in [-0.25, -0.2) is 4.79 Å². The average Bonchev–Trinajstić information content (AvgIpc) is 3.02. The first-order chi connectivity index (χ1) is 11.2. The van der Waals surface area contributed by atoms with E-state index in [9.17, 15) is 9.59 Å². The summed E-state index contributed by atoms with van der Waals surface area (Å²) in [6.07, 6.45) is 1.79. The van der Waals surface area contributed by atoms with Gasteiger partial charge in [-0.3, -0.25) is 4.79 Å². The topological polar surface area (TPSA) is 82.7 Å². The normalized spacial score (nSPS) is 21.5. The minimum absolute atomic E-state index is 0.105. The third kappa shape index (κ3) is 3.67. The van der Waals surface area contributed by atoms with Gasteiger partial charge >= 0.3 is 6.03 Å². The largest absolute Gasteiger partial charge is 0.497 e. The van der Waals surface area contributed by atoms with E-state index in [4.69, 9.17) is 4.74 Å². The third-order valence-electron chi connectivity index (χ3n) is 4.37. The number of carbonyl (C=O) groups excluding carboxylic acids is 2. The number of amides is 3. The van der Waals surface area contributed by atoms with Crippen LogP contribution in [0.4, 0.5) is 10.5 Å². The second kappa shape index (κ2) is 6.76. The summed E-state index contributed by atoms with van der Waals surface area (Å²) in [5.41, 5.74) is 1.17. The maximum Gasteiger partial charge on any atom is 0.315 e. The number of urea groups is 1. The monoisotopic (exact) mass is 318 g/mol. The first kappa shape index (κ1) is 15.5. The average molecular weight is 318 g/mol. The molecule has 7 nitrogen and oxygen atoms in total. The highest BCUT2D eigenvalue weighted by atomic mass is 16.5. The molecule has 124 valence electrons. The number of rotatable bonds is 4. The van der Waals surface area contributed by atoms with E-state index in [1.54, 1.807) is 7.11 Å². The summed E-state index contributed by atoms with van der Waals surface area (Å²) in [5, 5.41) is 8.23. The number of benzene rings is 1. The zero-order valence-electron chi connectivity index (χ0n) is 13.2. The van der Waals surface area contributed by atoms with Crippen LogP contribution in [0, 0.1) is 0 Å².